The van der Waals surface area contributed by atoms with E-state index in [9.17, 15) is 4.79 Å². The van der Waals surface area contributed by atoms with Crippen LogP contribution >= 0.6 is 0 Å². The van der Waals surface area contributed by atoms with Gasteiger partial charge in [-0.05, 0) is 56.2 Å². The Hall–Kier alpha value is -2.44. The molecule has 0 radical (unpaired) electrons. The number of ether oxygens (including phenoxy) is 2. The molecule has 1 aromatic carbocycles. The molecule has 170 valence electrons. The van der Waals surface area contributed by atoms with Crippen LogP contribution in [0.2, 0.25) is 0 Å². The Labute approximate surface area is 189 Å². The minimum absolute atomic E-state index is 0.117. The quantitative estimate of drug-likeness (QED) is 0.776. The van der Waals surface area contributed by atoms with Gasteiger partial charge in [0, 0.05) is 49.6 Å². The van der Waals surface area contributed by atoms with Crippen molar-refractivity contribution in [3.8, 4) is 0 Å². The van der Waals surface area contributed by atoms with Gasteiger partial charge in [-0.2, -0.15) is 0 Å². The fourth-order valence-electron chi connectivity index (χ4n) is 5.18. The van der Waals surface area contributed by atoms with Crippen molar-refractivity contribution >= 4 is 16.6 Å². The lowest BCUT2D eigenvalue weighted by atomic mass is 9.97. The maximum Gasteiger partial charge on any atom is 0.191 e. The number of aryl methyl sites for hydroxylation is 1. The highest BCUT2D eigenvalue weighted by atomic mass is 16.7. The van der Waals surface area contributed by atoms with Crippen molar-refractivity contribution in [3.05, 3.63) is 57.5 Å². The van der Waals surface area contributed by atoms with Gasteiger partial charge in [0.2, 0.25) is 0 Å². The SMILES string of the molecule is CN/C1=C/Cc2c(ccc3ncc(N4CCC5(CC4)OCCCCO5)cc3c2=O)CCC1. The Balaban J connectivity index is 1.45. The zero-order chi connectivity index (χ0) is 22.0. The van der Waals surface area contributed by atoms with Crippen LogP contribution in [0, 0.1) is 0 Å². The third-order valence-electron chi connectivity index (χ3n) is 7.18. The molecule has 2 fully saturated rings. The fourth-order valence-corrected chi connectivity index (χ4v) is 5.18. The van der Waals surface area contributed by atoms with E-state index in [1.54, 1.807) is 0 Å². The summed E-state index contributed by atoms with van der Waals surface area (Å²) in [7, 11) is 1.96. The van der Waals surface area contributed by atoms with Gasteiger partial charge in [-0.15, -0.1) is 0 Å². The average molecular weight is 436 g/mol. The van der Waals surface area contributed by atoms with Gasteiger partial charge in [-0.3, -0.25) is 9.78 Å². The first-order chi connectivity index (χ1) is 15.7. The predicted molar refractivity (Wildman–Crippen MR) is 127 cm³/mol. The van der Waals surface area contributed by atoms with Gasteiger partial charge in [0.05, 0.1) is 30.6 Å². The number of allylic oxidation sites excluding steroid dienone is 2. The summed E-state index contributed by atoms with van der Waals surface area (Å²) in [5, 5.41) is 3.98. The number of piperidine rings is 1. The molecule has 6 nitrogen and oxygen atoms in total. The first-order valence-corrected chi connectivity index (χ1v) is 12.0. The Morgan fingerprint density at radius 3 is 2.59 bits per heavy atom. The molecule has 3 heterocycles. The predicted octanol–water partition coefficient (Wildman–Crippen LogP) is 3.70. The number of hydrogen-bond acceptors (Lipinski definition) is 6. The standard InChI is InChI=1S/C26H33N3O3/c1-27-20-6-4-5-19-7-10-24-23(25(30)22(19)9-8-20)17-21(18-28-24)29-13-11-26(12-14-29)31-15-2-3-16-32-26/h7-8,10,17-18,27H,2-6,9,11-16H2,1H3/b20-8+. The number of nitrogens with one attached hydrogen (secondary N) is 1. The fraction of sp³-hybridized carbons (Fsp3) is 0.538. The molecule has 0 atom stereocenters. The van der Waals surface area contributed by atoms with Crippen molar-refractivity contribution in [2.24, 2.45) is 0 Å². The molecule has 0 amide bonds. The Morgan fingerprint density at radius 1 is 1.06 bits per heavy atom. The first-order valence-electron chi connectivity index (χ1n) is 12.0. The number of pyridine rings is 1. The van der Waals surface area contributed by atoms with E-state index in [2.05, 4.69) is 22.4 Å². The third kappa shape index (κ3) is 4.26. The highest BCUT2D eigenvalue weighted by Gasteiger charge is 2.37. The van der Waals surface area contributed by atoms with Gasteiger partial charge in [0.25, 0.3) is 0 Å². The molecule has 1 aromatic heterocycles. The smallest absolute Gasteiger partial charge is 0.191 e. The van der Waals surface area contributed by atoms with Gasteiger partial charge in [0.1, 0.15) is 0 Å². The average Bonchev–Trinajstić information content (AvgIpc) is 3.10. The van der Waals surface area contributed by atoms with Crippen molar-refractivity contribution in [1.82, 2.24) is 10.3 Å². The maximum absolute atomic E-state index is 13.6. The summed E-state index contributed by atoms with van der Waals surface area (Å²) >= 11 is 0. The van der Waals surface area contributed by atoms with E-state index < -0.39 is 5.79 Å². The van der Waals surface area contributed by atoms with Crippen molar-refractivity contribution < 1.29 is 9.47 Å². The van der Waals surface area contributed by atoms with Crippen LogP contribution < -0.4 is 15.6 Å². The lowest BCUT2D eigenvalue weighted by Gasteiger charge is -2.41. The van der Waals surface area contributed by atoms with Gasteiger partial charge < -0.3 is 19.7 Å². The van der Waals surface area contributed by atoms with Crippen molar-refractivity contribution in [1.29, 1.82) is 0 Å². The summed E-state index contributed by atoms with van der Waals surface area (Å²) in [5.74, 6) is -0.430. The van der Waals surface area contributed by atoms with Crippen molar-refractivity contribution in [2.45, 2.75) is 57.2 Å². The molecular formula is C26H33N3O3. The molecule has 0 bridgehead atoms. The van der Waals surface area contributed by atoms with Crippen LogP contribution in [0.1, 0.15) is 49.7 Å². The minimum atomic E-state index is -0.430. The van der Waals surface area contributed by atoms with Crippen LogP contribution in [0.5, 0.6) is 0 Å². The molecule has 2 aliphatic heterocycles. The van der Waals surface area contributed by atoms with Crippen LogP contribution in [-0.4, -0.2) is 44.1 Å². The lowest BCUT2D eigenvalue weighted by Crippen LogP contribution is -2.47. The van der Waals surface area contributed by atoms with E-state index in [-0.39, 0.29) is 5.43 Å². The topological polar surface area (TPSA) is 63.7 Å². The molecule has 0 unspecified atom stereocenters. The zero-order valence-corrected chi connectivity index (χ0v) is 19.0. The van der Waals surface area contributed by atoms with Crippen molar-refractivity contribution in [3.63, 3.8) is 0 Å². The summed E-state index contributed by atoms with van der Waals surface area (Å²) in [6.07, 6.45) is 11.5. The maximum atomic E-state index is 13.6. The number of hydrogen-bond donors (Lipinski definition) is 1. The number of fused-ring (bicyclic) bond motifs is 2. The third-order valence-corrected chi connectivity index (χ3v) is 7.18. The van der Waals surface area contributed by atoms with E-state index >= 15 is 0 Å². The Morgan fingerprint density at radius 2 is 1.84 bits per heavy atom. The molecule has 0 saturated carbocycles. The number of aromatic nitrogens is 1. The molecule has 1 spiro atoms. The number of nitrogens with zero attached hydrogens (tertiary/aromatic N) is 2. The zero-order valence-electron chi connectivity index (χ0n) is 19.0. The van der Waals surface area contributed by atoms with Crippen LogP contribution in [0.4, 0.5) is 5.69 Å². The Bertz CT molecular complexity index is 1060. The van der Waals surface area contributed by atoms with Gasteiger partial charge in [-0.1, -0.05) is 12.1 Å². The van der Waals surface area contributed by atoms with Crippen LogP contribution in [0.25, 0.3) is 10.9 Å². The summed E-state index contributed by atoms with van der Waals surface area (Å²) < 4.78 is 12.2. The number of rotatable bonds is 2. The van der Waals surface area contributed by atoms with Gasteiger partial charge in [-0.25, -0.2) is 0 Å². The lowest BCUT2D eigenvalue weighted by molar-refractivity contribution is -0.235. The summed E-state index contributed by atoms with van der Waals surface area (Å²) in [6, 6.07) is 6.16. The summed E-state index contributed by atoms with van der Waals surface area (Å²) in [6.45, 7) is 3.24. The van der Waals surface area contributed by atoms with Gasteiger partial charge in [0.15, 0.2) is 11.2 Å². The molecule has 32 heavy (non-hydrogen) atoms. The molecule has 1 aliphatic carbocycles. The van der Waals surface area contributed by atoms with Crippen LogP contribution in [0.3, 0.4) is 0 Å². The second-order valence-corrected chi connectivity index (χ2v) is 9.13. The van der Waals surface area contributed by atoms with Crippen molar-refractivity contribution in [2.75, 3.05) is 38.3 Å². The molecule has 2 aromatic rings. The summed E-state index contributed by atoms with van der Waals surface area (Å²) in [5.41, 5.74) is 5.18. The van der Waals surface area contributed by atoms with Crippen LogP contribution in [0.15, 0.2) is 41.0 Å². The molecule has 6 heteroatoms. The molecule has 5 rings (SSSR count). The second-order valence-electron chi connectivity index (χ2n) is 9.13. The normalized spacial score (nSPS) is 22.9. The van der Waals surface area contributed by atoms with Gasteiger partial charge >= 0.3 is 0 Å². The largest absolute Gasteiger partial charge is 0.392 e. The van der Waals surface area contributed by atoms with Crippen LogP contribution in [-0.2, 0) is 22.3 Å². The van der Waals surface area contributed by atoms with E-state index in [4.69, 9.17) is 14.5 Å². The minimum Gasteiger partial charge on any atom is -0.392 e. The molecule has 2 saturated heterocycles. The highest BCUT2D eigenvalue weighted by molar-refractivity contribution is 5.82. The van der Waals surface area contributed by atoms with E-state index in [1.807, 2.05) is 25.4 Å². The summed E-state index contributed by atoms with van der Waals surface area (Å²) in [4.78, 5) is 20.6. The number of anilines is 1. The highest BCUT2D eigenvalue weighted by Crippen LogP contribution is 2.32. The van der Waals surface area contributed by atoms with E-state index in [0.29, 0.717) is 11.8 Å². The first kappa shape index (κ1) is 21.4. The van der Waals surface area contributed by atoms with E-state index in [0.717, 1.165) is 93.6 Å². The second kappa shape index (κ2) is 9.20. The Kier molecular flexibility index (Phi) is 6.15. The molecule has 1 N–H and O–H groups in total. The van der Waals surface area contributed by atoms with E-state index in [1.165, 1.54) is 5.70 Å². The molecular weight excluding hydrogens is 402 g/mol. The monoisotopic (exact) mass is 435 g/mol. The molecule has 3 aliphatic rings.